The predicted octanol–water partition coefficient (Wildman–Crippen LogP) is 2.93. The average molecular weight is 352 g/mol. The van der Waals surface area contributed by atoms with Gasteiger partial charge in [-0.05, 0) is 24.3 Å². The van der Waals surface area contributed by atoms with Gasteiger partial charge in [-0.1, -0.05) is 0 Å². The lowest BCUT2D eigenvalue weighted by atomic mass is 10.0. The molecule has 0 N–H and O–H groups in total. The van der Waals surface area contributed by atoms with Crippen LogP contribution in [-0.2, 0) is 0 Å². The molecule has 0 spiro atoms. The van der Waals surface area contributed by atoms with E-state index in [2.05, 4.69) is 19.9 Å². The van der Waals surface area contributed by atoms with E-state index in [4.69, 9.17) is 0 Å². The molecule has 0 aliphatic heterocycles. The maximum Gasteiger partial charge on any atom is 0.573 e. The van der Waals surface area contributed by atoms with Crippen molar-refractivity contribution in [1.82, 2.24) is 20.0 Å². The maximum atomic E-state index is 14.2. The first-order valence-electron chi connectivity index (χ1n) is 6.76. The zero-order chi connectivity index (χ0) is 18.0. The number of aromatic nitrogens is 4. The Hall–Kier alpha value is -3.30. The molecule has 0 unspecified atom stereocenters. The number of alkyl halides is 3. The van der Waals surface area contributed by atoms with Gasteiger partial charge in [0.2, 0.25) is 0 Å². The van der Waals surface area contributed by atoms with Crippen LogP contribution in [0.3, 0.4) is 0 Å². The summed E-state index contributed by atoms with van der Waals surface area (Å²) in [6.07, 6.45) is -0.120. The molecular formula is C15H8F4N4O2. The van der Waals surface area contributed by atoms with Gasteiger partial charge < -0.3 is 4.74 Å². The average Bonchev–Trinajstić information content (AvgIpc) is 3.07. The minimum atomic E-state index is -4.85. The summed E-state index contributed by atoms with van der Waals surface area (Å²) in [6.45, 7) is 0. The monoisotopic (exact) mass is 352 g/mol. The first kappa shape index (κ1) is 16.6. The molecule has 0 saturated carbocycles. The van der Waals surface area contributed by atoms with Gasteiger partial charge in [-0.3, -0.25) is 9.78 Å². The summed E-state index contributed by atoms with van der Waals surface area (Å²) in [5.74, 6) is -2.16. The lowest BCUT2D eigenvalue weighted by molar-refractivity contribution is -0.274. The molecule has 2 heterocycles. The molecule has 2 aromatic heterocycles. The summed E-state index contributed by atoms with van der Waals surface area (Å²) in [7, 11) is 0. The largest absolute Gasteiger partial charge is 0.573 e. The molecule has 0 atom stereocenters. The molecule has 6 nitrogen and oxygen atoms in total. The Balaban J connectivity index is 1.97. The zero-order valence-corrected chi connectivity index (χ0v) is 12.2. The van der Waals surface area contributed by atoms with E-state index in [1.165, 1.54) is 18.6 Å². The van der Waals surface area contributed by atoms with E-state index in [0.717, 1.165) is 35.3 Å². The van der Waals surface area contributed by atoms with Crippen molar-refractivity contribution in [1.29, 1.82) is 0 Å². The maximum absolute atomic E-state index is 14.2. The van der Waals surface area contributed by atoms with Crippen molar-refractivity contribution >= 4 is 5.78 Å². The van der Waals surface area contributed by atoms with Gasteiger partial charge in [0.25, 0.3) is 0 Å². The van der Waals surface area contributed by atoms with Gasteiger partial charge in [0.15, 0.2) is 11.6 Å². The van der Waals surface area contributed by atoms with Crippen molar-refractivity contribution in [3.8, 4) is 11.4 Å². The standard InChI is InChI=1S/C15H8F4N4O2/c16-11-7-20-8-12(23-21-5-6-22-23)13(11)14(24)9-1-3-10(4-2-9)25-15(17,18)19/h1-8H. The van der Waals surface area contributed by atoms with Gasteiger partial charge in [-0.2, -0.15) is 10.2 Å². The molecule has 0 fully saturated rings. The smallest absolute Gasteiger partial charge is 0.406 e. The normalized spacial score (nSPS) is 11.4. The second-order valence-corrected chi connectivity index (χ2v) is 4.74. The predicted molar refractivity (Wildman–Crippen MR) is 75.7 cm³/mol. The van der Waals surface area contributed by atoms with Crippen LogP contribution in [0.15, 0.2) is 49.1 Å². The zero-order valence-electron chi connectivity index (χ0n) is 12.2. The topological polar surface area (TPSA) is 69.9 Å². The molecule has 1 aromatic carbocycles. The second kappa shape index (κ2) is 6.30. The summed E-state index contributed by atoms with van der Waals surface area (Å²) in [5.41, 5.74) is -0.380. The van der Waals surface area contributed by atoms with Crippen molar-refractivity contribution < 1.29 is 27.1 Å². The van der Waals surface area contributed by atoms with E-state index in [1.54, 1.807) is 0 Å². The molecule has 10 heteroatoms. The number of rotatable bonds is 4. The highest BCUT2D eigenvalue weighted by Crippen LogP contribution is 2.25. The fourth-order valence-electron chi connectivity index (χ4n) is 2.09. The first-order valence-corrected chi connectivity index (χ1v) is 6.76. The summed E-state index contributed by atoms with van der Waals surface area (Å²) >= 11 is 0. The van der Waals surface area contributed by atoms with E-state index < -0.39 is 23.7 Å². The minimum absolute atomic E-state index is 0.00520. The van der Waals surface area contributed by atoms with Gasteiger partial charge in [0.05, 0.1) is 30.4 Å². The van der Waals surface area contributed by atoms with Crippen LogP contribution >= 0.6 is 0 Å². The molecular weight excluding hydrogens is 344 g/mol. The fraction of sp³-hybridized carbons (Fsp3) is 0.0667. The van der Waals surface area contributed by atoms with Crippen LogP contribution < -0.4 is 4.74 Å². The number of carbonyl (C=O) groups excluding carboxylic acids is 1. The number of halogens is 4. The van der Waals surface area contributed by atoms with Gasteiger partial charge in [0.1, 0.15) is 11.4 Å². The fourth-order valence-corrected chi connectivity index (χ4v) is 2.09. The third kappa shape index (κ3) is 3.62. The third-order valence-corrected chi connectivity index (χ3v) is 3.09. The lowest BCUT2D eigenvalue weighted by Crippen LogP contribution is -2.17. The summed E-state index contributed by atoms with van der Waals surface area (Å²) < 4.78 is 54.4. The summed E-state index contributed by atoms with van der Waals surface area (Å²) in [4.78, 5) is 17.3. The highest BCUT2D eigenvalue weighted by molar-refractivity contribution is 6.11. The van der Waals surface area contributed by atoms with Crippen molar-refractivity contribution in [3.63, 3.8) is 0 Å². The van der Waals surface area contributed by atoms with Crippen molar-refractivity contribution in [2.24, 2.45) is 0 Å². The molecule has 0 aliphatic carbocycles. The van der Waals surface area contributed by atoms with E-state index in [1.807, 2.05) is 0 Å². The Morgan fingerprint density at radius 3 is 2.28 bits per heavy atom. The number of ether oxygens (including phenoxy) is 1. The van der Waals surface area contributed by atoms with Gasteiger partial charge in [-0.25, -0.2) is 4.39 Å². The molecule has 0 radical (unpaired) electrons. The van der Waals surface area contributed by atoms with Crippen LogP contribution in [0, 0.1) is 5.82 Å². The first-order chi connectivity index (χ1) is 11.8. The van der Waals surface area contributed by atoms with Crippen molar-refractivity contribution in [3.05, 3.63) is 66.0 Å². The number of ketones is 1. The summed E-state index contributed by atoms with van der Waals surface area (Å²) in [6, 6.07) is 4.13. The number of hydrogen-bond donors (Lipinski definition) is 0. The molecule has 3 rings (SSSR count). The van der Waals surface area contributed by atoms with Crippen LogP contribution in [0.25, 0.3) is 5.69 Å². The molecule has 25 heavy (non-hydrogen) atoms. The molecule has 0 aliphatic rings. The number of nitrogens with zero attached hydrogens (tertiary/aromatic N) is 4. The molecule has 3 aromatic rings. The van der Waals surface area contributed by atoms with E-state index >= 15 is 0 Å². The second-order valence-electron chi connectivity index (χ2n) is 4.74. The minimum Gasteiger partial charge on any atom is -0.406 e. The Bertz CT molecular complexity index is 893. The Labute approximate surface area is 137 Å². The number of carbonyl (C=O) groups is 1. The van der Waals surface area contributed by atoms with Crippen LogP contribution in [0.1, 0.15) is 15.9 Å². The molecule has 0 bridgehead atoms. The van der Waals surface area contributed by atoms with E-state index in [0.29, 0.717) is 0 Å². The van der Waals surface area contributed by atoms with Crippen molar-refractivity contribution in [2.75, 3.05) is 0 Å². The third-order valence-electron chi connectivity index (χ3n) is 3.09. The lowest BCUT2D eigenvalue weighted by Gasteiger charge is -2.10. The van der Waals surface area contributed by atoms with E-state index in [9.17, 15) is 22.4 Å². The van der Waals surface area contributed by atoms with Gasteiger partial charge >= 0.3 is 6.36 Å². The molecule has 0 amide bonds. The van der Waals surface area contributed by atoms with Crippen LogP contribution in [0.4, 0.5) is 17.6 Å². The number of hydrogen-bond acceptors (Lipinski definition) is 5. The Morgan fingerprint density at radius 1 is 1.04 bits per heavy atom. The van der Waals surface area contributed by atoms with Crippen LogP contribution in [0.2, 0.25) is 0 Å². The van der Waals surface area contributed by atoms with Crippen LogP contribution in [-0.4, -0.2) is 32.1 Å². The van der Waals surface area contributed by atoms with Gasteiger partial charge in [-0.15, -0.1) is 18.0 Å². The molecule has 128 valence electrons. The molecule has 0 saturated heterocycles. The van der Waals surface area contributed by atoms with Gasteiger partial charge in [0, 0.05) is 5.56 Å². The summed E-state index contributed by atoms with van der Waals surface area (Å²) in [5, 5.41) is 7.64. The Kier molecular flexibility index (Phi) is 4.17. The van der Waals surface area contributed by atoms with E-state index in [-0.39, 0.29) is 16.8 Å². The Morgan fingerprint density at radius 2 is 1.68 bits per heavy atom. The highest BCUT2D eigenvalue weighted by atomic mass is 19.4. The SMILES string of the molecule is O=C(c1ccc(OC(F)(F)F)cc1)c1c(F)cncc1-n1nccn1. The number of pyridine rings is 1. The van der Waals surface area contributed by atoms with Crippen LogP contribution in [0.5, 0.6) is 5.75 Å². The highest BCUT2D eigenvalue weighted by Gasteiger charge is 2.31. The number of benzene rings is 1. The quantitative estimate of drug-likeness (QED) is 0.533. The van der Waals surface area contributed by atoms with Crippen molar-refractivity contribution in [2.45, 2.75) is 6.36 Å².